The Morgan fingerprint density at radius 2 is 2.11 bits per heavy atom. The van der Waals surface area contributed by atoms with E-state index in [2.05, 4.69) is 12.2 Å². The Hall–Kier alpha value is -1.26. The molecule has 3 N–H and O–H groups in total. The van der Waals surface area contributed by atoms with Crippen LogP contribution in [0.3, 0.4) is 0 Å². The first kappa shape index (κ1) is 15.8. The van der Waals surface area contributed by atoms with Crippen LogP contribution < -0.4 is 10.1 Å². The number of phenols is 1. The van der Waals surface area contributed by atoms with E-state index in [-0.39, 0.29) is 11.7 Å². The van der Waals surface area contributed by atoms with Gasteiger partial charge in [0.05, 0.1) is 12.7 Å². The second-order valence-electron chi connectivity index (χ2n) is 5.24. The number of rotatable bonds is 7. The van der Waals surface area contributed by atoms with Gasteiger partial charge >= 0.3 is 0 Å². The third-order valence-corrected chi connectivity index (χ3v) is 3.77. The quantitative estimate of drug-likeness (QED) is 0.709. The van der Waals surface area contributed by atoms with E-state index < -0.39 is 5.60 Å². The molecule has 0 saturated carbocycles. The first-order valence-corrected chi connectivity index (χ1v) is 6.70. The molecule has 0 aliphatic rings. The number of phenolic OH excluding ortho intramolecular Hbond substituents is 1. The fourth-order valence-corrected chi connectivity index (χ4v) is 1.94. The maximum absolute atomic E-state index is 10.3. The van der Waals surface area contributed by atoms with E-state index in [0.29, 0.717) is 18.8 Å². The van der Waals surface area contributed by atoms with E-state index in [1.807, 2.05) is 26.0 Å². The van der Waals surface area contributed by atoms with Crippen LogP contribution in [0.5, 0.6) is 11.5 Å². The summed E-state index contributed by atoms with van der Waals surface area (Å²) >= 11 is 0. The second kappa shape index (κ2) is 6.78. The minimum Gasteiger partial charge on any atom is -0.504 e. The van der Waals surface area contributed by atoms with E-state index in [1.165, 1.54) is 7.11 Å². The third kappa shape index (κ3) is 4.11. The topological polar surface area (TPSA) is 61.7 Å². The highest BCUT2D eigenvalue weighted by molar-refractivity contribution is 5.45. The molecule has 0 aliphatic heterocycles. The van der Waals surface area contributed by atoms with Crippen LogP contribution >= 0.6 is 0 Å². The average Bonchev–Trinajstić information content (AvgIpc) is 2.39. The number of hydrogen-bond donors (Lipinski definition) is 3. The minimum atomic E-state index is -0.747. The minimum absolute atomic E-state index is 0.153. The molecule has 1 aromatic carbocycles. The molecule has 0 fully saturated rings. The molecule has 0 amide bonds. The lowest BCUT2D eigenvalue weighted by Crippen LogP contribution is -2.42. The van der Waals surface area contributed by atoms with Crippen LogP contribution in [0, 0.1) is 5.92 Å². The van der Waals surface area contributed by atoms with Crippen LogP contribution in [0.4, 0.5) is 0 Å². The lowest BCUT2D eigenvalue weighted by atomic mass is 9.88. The normalized spacial score (nSPS) is 15.8. The lowest BCUT2D eigenvalue weighted by Gasteiger charge is -2.30. The molecule has 2 atom stereocenters. The lowest BCUT2D eigenvalue weighted by molar-refractivity contribution is 0.00530. The van der Waals surface area contributed by atoms with E-state index in [0.717, 1.165) is 12.0 Å². The van der Waals surface area contributed by atoms with Gasteiger partial charge in [0.15, 0.2) is 11.5 Å². The highest BCUT2D eigenvalue weighted by Crippen LogP contribution is 2.29. The molecule has 19 heavy (non-hydrogen) atoms. The molecule has 4 heteroatoms. The Labute approximate surface area is 115 Å². The van der Waals surface area contributed by atoms with Gasteiger partial charge < -0.3 is 20.3 Å². The second-order valence-corrected chi connectivity index (χ2v) is 5.24. The van der Waals surface area contributed by atoms with Gasteiger partial charge in [-0.1, -0.05) is 32.4 Å². The number of benzene rings is 1. The molecule has 0 saturated heterocycles. The van der Waals surface area contributed by atoms with Crippen molar-refractivity contribution in [1.29, 1.82) is 0 Å². The maximum Gasteiger partial charge on any atom is 0.162 e. The molecular weight excluding hydrogens is 242 g/mol. The van der Waals surface area contributed by atoms with Gasteiger partial charge in [0.1, 0.15) is 0 Å². The summed E-state index contributed by atoms with van der Waals surface area (Å²) in [6.45, 7) is 6.91. The van der Waals surface area contributed by atoms with E-state index in [9.17, 15) is 10.2 Å². The molecule has 1 rings (SSSR count). The SMILES string of the molecule is CCC(C)C(C)(O)CNCc1cccc(OC)c1O. The predicted molar refractivity (Wildman–Crippen MR) is 76.4 cm³/mol. The van der Waals surface area contributed by atoms with E-state index in [1.54, 1.807) is 6.07 Å². The summed E-state index contributed by atoms with van der Waals surface area (Å²) < 4.78 is 5.06. The number of nitrogens with one attached hydrogen (secondary N) is 1. The van der Waals surface area contributed by atoms with Crippen LogP contribution in [0.15, 0.2) is 18.2 Å². The van der Waals surface area contributed by atoms with Crippen molar-refractivity contribution >= 4 is 0 Å². The molecule has 1 aromatic rings. The van der Waals surface area contributed by atoms with Gasteiger partial charge in [-0.15, -0.1) is 0 Å². The zero-order chi connectivity index (χ0) is 14.5. The summed E-state index contributed by atoms with van der Waals surface area (Å²) in [6, 6.07) is 5.39. The summed E-state index contributed by atoms with van der Waals surface area (Å²) in [5.41, 5.74) is 0.0165. The number of aromatic hydroxyl groups is 1. The van der Waals surface area contributed by atoms with Gasteiger partial charge in [-0.25, -0.2) is 0 Å². The van der Waals surface area contributed by atoms with Gasteiger partial charge in [0.2, 0.25) is 0 Å². The highest BCUT2D eigenvalue weighted by atomic mass is 16.5. The molecule has 108 valence electrons. The Balaban J connectivity index is 2.59. The number of para-hydroxylation sites is 1. The van der Waals surface area contributed by atoms with Gasteiger partial charge in [-0.3, -0.25) is 0 Å². The number of aliphatic hydroxyl groups is 1. The van der Waals surface area contributed by atoms with Crippen molar-refractivity contribution in [2.45, 2.75) is 39.3 Å². The number of methoxy groups -OCH3 is 1. The molecule has 4 nitrogen and oxygen atoms in total. The van der Waals surface area contributed by atoms with Crippen molar-refractivity contribution in [1.82, 2.24) is 5.32 Å². The Morgan fingerprint density at radius 1 is 1.42 bits per heavy atom. The molecular formula is C15H25NO3. The zero-order valence-corrected chi connectivity index (χ0v) is 12.2. The summed E-state index contributed by atoms with van der Waals surface area (Å²) in [7, 11) is 1.53. The first-order chi connectivity index (χ1) is 8.92. The van der Waals surface area contributed by atoms with Crippen molar-refractivity contribution in [3.8, 4) is 11.5 Å². The van der Waals surface area contributed by atoms with Gasteiger partial charge in [0.25, 0.3) is 0 Å². The Kier molecular flexibility index (Phi) is 5.63. The molecule has 0 bridgehead atoms. The smallest absolute Gasteiger partial charge is 0.162 e. The molecule has 0 heterocycles. The van der Waals surface area contributed by atoms with Crippen molar-refractivity contribution in [3.63, 3.8) is 0 Å². The average molecular weight is 267 g/mol. The van der Waals surface area contributed by atoms with Gasteiger partial charge in [-0.05, 0) is 18.9 Å². The van der Waals surface area contributed by atoms with Crippen molar-refractivity contribution in [2.75, 3.05) is 13.7 Å². The molecule has 0 aliphatic carbocycles. The van der Waals surface area contributed by atoms with E-state index >= 15 is 0 Å². The summed E-state index contributed by atoms with van der Waals surface area (Å²) in [4.78, 5) is 0. The van der Waals surface area contributed by atoms with Crippen molar-refractivity contribution < 1.29 is 14.9 Å². The molecule has 0 radical (unpaired) electrons. The monoisotopic (exact) mass is 267 g/mol. The highest BCUT2D eigenvalue weighted by Gasteiger charge is 2.26. The standard InChI is InChI=1S/C15H25NO3/c1-5-11(2)15(3,18)10-16-9-12-7-6-8-13(19-4)14(12)17/h6-8,11,16-18H,5,9-10H2,1-4H3. The van der Waals surface area contributed by atoms with Crippen LogP contribution in [-0.4, -0.2) is 29.5 Å². The Morgan fingerprint density at radius 3 is 2.68 bits per heavy atom. The first-order valence-electron chi connectivity index (χ1n) is 6.70. The fourth-order valence-electron chi connectivity index (χ4n) is 1.94. The fraction of sp³-hybridized carbons (Fsp3) is 0.600. The maximum atomic E-state index is 10.3. The summed E-state index contributed by atoms with van der Waals surface area (Å²) in [5, 5.41) is 23.4. The predicted octanol–water partition coefficient (Wildman–Crippen LogP) is 2.29. The van der Waals surface area contributed by atoms with E-state index in [4.69, 9.17) is 4.74 Å². The molecule has 0 spiro atoms. The Bertz CT molecular complexity index is 404. The third-order valence-electron chi connectivity index (χ3n) is 3.77. The molecule has 0 aromatic heterocycles. The summed E-state index contributed by atoms with van der Waals surface area (Å²) in [6.07, 6.45) is 0.930. The van der Waals surface area contributed by atoms with Crippen molar-refractivity contribution in [2.24, 2.45) is 5.92 Å². The number of hydrogen-bond acceptors (Lipinski definition) is 4. The van der Waals surface area contributed by atoms with Gasteiger partial charge in [0, 0.05) is 18.7 Å². The van der Waals surface area contributed by atoms with Crippen LogP contribution in [0.25, 0.3) is 0 Å². The van der Waals surface area contributed by atoms with Crippen LogP contribution in [-0.2, 0) is 6.54 Å². The molecule has 2 unspecified atom stereocenters. The van der Waals surface area contributed by atoms with Crippen LogP contribution in [0.1, 0.15) is 32.8 Å². The van der Waals surface area contributed by atoms with Gasteiger partial charge in [-0.2, -0.15) is 0 Å². The summed E-state index contributed by atoms with van der Waals surface area (Å²) in [5.74, 6) is 0.840. The number of ether oxygens (including phenoxy) is 1. The zero-order valence-electron chi connectivity index (χ0n) is 12.2. The van der Waals surface area contributed by atoms with Crippen LogP contribution in [0.2, 0.25) is 0 Å². The largest absolute Gasteiger partial charge is 0.504 e. The van der Waals surface area contributed by atoms with Crippen molar-refractivity contribution in [3.05, 3.63) is 23.8 Å².